The van der Waals surface area contributed by atoms with Gasteiger partial charge in [-0.05, 0) is 30.7 Å². The first-order chi connectivity index (χ1) is 15.2. The predicted molar refractivity (Wildman–Crippen MR) is 123 cm³/mol. The Morgan fingerprint density at radius 1 is 1.09 bits per heavy atom. The van der Waals surface area contributed by atoms with Crippen LogP contribution in [0.5, 0.6) is 0 Å². The molecule has 3 heterocycles. The molecule has 0 unspecified atom stereocenters. The Morgan fingerprint density at radius 2 is 1.91 bits per heavy atom. The summed E-state index contributed by atoms with van der Waals surface area (Å²) in [6.45, 7) is 1.97. The highest BCUT2D eigenvalue weighted by molar-refractivity contribution is 5.85. The van der Waals surface area contributed by atoms with Crippen LogP contribution in [0.2, 0.25) is 0 Å². The van der Waals surface area contributed by atoms with E-state index in [-0.39, 0.29) is 17.8 Å². The number of halogens is 2. The summed E-state index contributed by atoms with van der Waals surface area (Å²) in [5.74, 6) is 0.381. The van der Waals surface area contributed by atoms with E-state index in [9.17, 15) is 9.18 Å². The molecule has 8 nitrogen and oxygen atoms in total. The number of rotatable bonds is 5. The Balaban J connectivity index is 0.00000245. The van der Waals surface area contributed by atoms with Gasteiger partial charge in [0.2, 0.25) is 0 Å². The number of benzene rings is 2. The average Bonchev–Trinajstić information content (AvgIpc) is 3.27. The van der Waals surface area contributed by atoms with Crippen molar-refractivity contribution in [1.82, 2.24) is 29.5 Å². The standard InChI is InChI=1S/C22H18FN7O.ClH/c1-2-15(28-20-18-19(25-11-24-18)26-12-27-20)21-29-16-10-6-9-14(23)17(16)22(31)30(21)13-7-4-3-5-8-13;/h3-12,15H,2H2,1H3,(H2,24,25,26,27,28);1H/t15-;/m0./s1. The minimum Gasteiger partial charge on any atom is -0.358 e. The van der Waals surface area contributed by atoms with E-state index in [0.717, 1.165) is 0 Å². The highest BCUT2D eigenvalue weighted by atomic mass is 35.5. The lowest BCUT2D eigenvalue weighted by atomic mass is 10.1. The molecule has 1 atom stereocenters. The number of para-hydroxylation sites is 1. The van der Waals surface area contributed by atoms with Crippen molar-refractivity contribution < 1.29 is 4.39 Å². The summed E-state index contributed by atoms with van der Waals surface area (Å²) in [6.07, 6.45) is 3.57. The molecule has 162 valence electrons. The van der Waals surface area contributed by atoms with Crippen LogP contribution in [0.3, 0.4) is 0 Å². The van der Waals surface area contributed by atoms with E-state index in [1.807, 2.05) is 25.1 Å². The number of aromatic nitrogens is 6. The average molecular weight is 452 g/mol. The van der Waals surface area contributed by atoms with E-state index in [1.165, 1.54) is 17.0 Å². The molecular weight excluding hydrogens is 433 g/mol. The molecule has 0 saturated heterocycles. The van der Waals surface area contributed by atoms with Crippen molar-refractivity contribution in [1.29, 1.82) is 0 Å². The lowest BCUT2D eigenvalue weighted by Crippen LogP contribution is -2.28. The fourth-order valence-electron chi connectivity index (χ4n) is 3.65. The van der Waals surface area contributed by atoms with E-state index in [2.05, 4.69) is 25.3 Å². The highest BCUT2D eigenvalue weighted by Crippen LogP contribution is 2.26. The molecule has 0 radical (unpaired) electrons. The summed E-state index contributed by atoms with van der Waals surface area (Å²) in [5.41, 5.74) is 1.63. The van der Waals surface area contributed by atoms with Gasteiger partial charge in [-0.25, -0.2) is 24.3 Å². The fraction of sp³-hybridized carbons (Fsp3) is 0.136. The topological polar surface area (TPSA) is 101 Å². The summed E-state index contributed by atoms with van der Waals surface area (Å²) in [6, 6.07) is 13.2. The minimum atomic E-state index is -0.596. The van der Waals surface area contributed by atoms with Crippen molar-refractivity contribution in [3.63, 3.8) is 0 Å². The summed E-state index contributed by atoms with van der Waals surface area (Å²) < 4.78 is 16.0. The van der Waals surface area contributed by atoms with Gasteiger partial charge in [-0.3, -0.25) is 9.36 Å². The number of hydrogen-bond acceptors (Lipinski definition) is 6. The quantitative estimate of drug-likeness (QED) is 0.415. The van der Waals surface area contributed by atoms with Gasteiger partial charge in [-0.15, -0.1) is 12.4 Å². The SMILES string of the molecule is CC[C@H](Nc1ncnc2[nH]cnc12)c1nc2cccc(F)c2c(=O)n1-c1ccccc1.Cl. The first-order valence-electron chi connectivity index (χ1n) is 9.84. The van der Waals surface area contributed by atoms with Gasteiger partial charge in [0, 0.05) is 0 Å². The Hall–Kier alpha value is -3.85. The molecule has 3 aromatic heterocycles. The molecule has 0 aliphatic heterocycles. The minimum absolute atomic E-state index is 0. The van der Waals surface area contributed by atoms with Crippen LogP contribution in [0, 0.1) is 5.82 Å². The number of nitrogens with zero attached hydrogens (tertiary/aromatic N) is 5. The second-order valence-electron chi connectivity index (χ2n) is 7.01. The van der Waals surface area contributed by atoms with Crippen LogP contribution in [0.15, 0.2) is 66.0 Å². The van der Waals surface area contributed by atoms with E-state index in [4.69, 9.17) is 4.98 Å². The van der Waals surface area contributed by atoms with Gasteiger partial charge in [0.05, 0.1) is 23.6 Å². The number of aromatic amines is 1. The largest absolute Gasteiger partial charge is 0.358 e. The molecule has 0 spiro atoms. The van der Waals surface area contributed by atoms with Crippen LogP contribution in [0.1, 0.15) is 25.2 Å². The van der Waals surface area contributed by atoms with Crippen molar-refractivity contribution in [2.75, 3.05) is 5.32 Å². The first-order valence-corrected chi connectivity index (χ1v) is 9.84. The summed E-state index contributed by atoms with van der Waals surface area (Å²) in [7, 11) is 0. The number of fused-ring (bicyclic) bond motifs is 2. The first kappa shape index (κ1) is 21.4. The molecule has 10 heteroatoms. The molecule has 32 heavy (non-hydrogen) atoms. The van der Waals surface area contributed by atoms with Crippen LogP contribution < -0.4 is 10.9 Å². The van der Waals surface area contributed by atoms with Crippen LogP contribution in [0.4, 0.5) is 10.2 Å². The molecule has 5 rings (SSSR count). The van der Waals surface area contributed by atoms with E-state index >= 15 is 0 Å². The normalized spacial score (nSPS) is 11.9. The third-order valence-electron chi connectivity index (χ3n) is 5.14. The van der Waals surface area contributed by atoms with Crippen LogP contribution >= 0.6 is 12.4 Å². The van der Waals surface area contributed by atoms with Gasteiger partial charge in [-0.2, -0.15) is 0 Å². The number of hydrogen-bond donors (Lipinski definition) is 2. The third kappa shape index (κ3) is 3.56. The monoisotopic (exact) mass is 451 g/mol. The van der Waals surface area contributed by atoms with Crippen LogP contribution in [-0.2, 0) is 0 Å². The van der Waals surface area contributed by atoms with Gasteiger partial charge >= 0.3 is 0 Å². The zero-order valence-corrected chi connectivity index (χ0v) is 17.8. The molecular formula is C22H19ClFN7O. The Labute approximate surface area is 188 Å². The molecule has 0 aliphatic rings. The maximum Gasteiger partial charge on any atom is 0.269 e. The second kappa shape index (κ2) is 8.72. The van der Waals surface area contributed by atoms with Gasteiger partial charge in [0.15, 0.2) is 11.5 Å². The van der Waals surface area contributed by atoms with Gasteiger partial charge < -0.3 is 10.3 Å². The van der Waals surface area contributed by atoms with Crippen molar-refractivity contribution >= 4 is 40.3 Å². The molecule has 0 amide bonds. The Morgan fingerprint density at radius 3 is 2.69 bits per heavy atom. The van der Waals surface area contributed by atoms with E-state index in [0.29, 0.717) is 40.4 Å². The smallest absolute Gasteiger partial charge is 0.269 e. The summed E-state index contributed by atoms with van der Waals surface area (Å²) in [5, 5.41) is 3.30. The van der Waals surface area contributed by atoms with Gasteiger partial charge in [0.25, 0.3) is 5.56 Å². The molecule has 0 fully saturated rings. The Kier molecular flexibility index (Phi) is 5.83. The fourth-order valence-corrected chi connectivity index (χ4v) is 3.65. The summed E-state index contributed by atoms with van der Waals surface area (Å²) >= 11 is 0. The zero-order chi connectivity index (χ0) is 21.4. The van der Waals surface area contributed by atoms with Crippen molar-refractivity contribution in [2.45, 2.75) is 19.4 Å². The number of imidazole rings is 1. The predicted octanol–water partition coefficient (Wildman–Crippen LogP) is 4.18. The Bertz CT molecular complexity index is 1450. The summed E-state index contributed by atoms with van der Waals surface area (Å²) in [4.78, 5) is 33.8. The molecule has 0 saturated carbocycles. The van der Waals surface area contributed by atoms with E-state index < -0.39 is 17.4 Å². The molecule has 5 aromatic rings. The highest BCUT2D eigenvalue weighted by Gasteiger charge is 2.22. The third-order valence-corrected chi connectivity index (χ3v) is 5.14. The zero-order valence-electron chi connectivity index (χ0n) is 17.0. The molecule has 2 N–H and O–H groups in total. The van der Waals surface area contributed by atoms with Gasteiger partial charge in [-0.1, -0.05) is 31.2 Å². The lowest BCUT2D eigenvalue weighted by Gasteiger charge is -2.22. The molecule has 0 aliphatic carbocycles. The van der Waals surface area contributed by atoms with Crippen LogP contribution in [0.25, 0.3) is 27.8 Å². The van der Waals surface area contributed by atoms with Crippen molar-refractivity contribution in [3.8, 4) is 5.69 Å². The molecule has 0 bridgehead atoms. The number of nitrogens with one attached hydrogen (secondary N) is 2. The van der Waals surface area contributed by atoms with Crippen molar-refractivity contribution in [2.24, 2.45) is 0 Å². The maximum atomic E-state index is 14.5. The maximum absolute atomic E-state index is 14.5. The number of anilines is 1. The van der Waals surface area contributed by atoms with Gasteiger partial charge in [0.1, 0.15) is 28.9 Å². The number of H-pyrrole nitrogens is 1. The van der Waals surface area contributed by atoms with E-state index in [1.54, 1.807) is 30.6 Å². The lowest BCUT2D eigenvalue weighted by molar-refractivity contribution is 0.630. The van der Waals surface area contributed by atoms with Crippen LogP contribution in [-0.4, -0.2) is 29.5 Å². The molecule has 2 aromatic carbocycles. The van der Waals surface area contributed by atoms with Crippen molar-refractivity contribution in [3.05, 3.63) is 83.2 Å². The second-order valence-corrected chi connectivity index (χ2v) is 7.01.